The molecule has 6 nitrogen and oxygen atoms in total. The van der Waals surface area contributed by atoms with Gasteiger partial charge in [-0.25, -0.2) is 0 Å². The molecule has 29 heavy (non-hydrogen) atoms. The maximum atomic E-state index is 12.9. The minimum absolute atomic E-state index is 0.150. The van der Waals surface area contributed by atoms with Crippen LogP contribution >= 0.6 is 0 Å². The van der Waals surface area contributed by atoms with Gasteiger partial charge in [-0.15, -0.1) is 0 Å². The Morgan fingerprint density at radius 1 is 1.28 bits per heavy atom. The average Bonchev–Trinajstić information content (AvgIpc) is 3.26. The number of amides is 1. The molecule has 2 heterocycles. The van der Waals surface area contributed by atoms with Gasteiger partial charge < -0.3 is 23.9 Å². The molecule has 2 aromatic carbocycles. The summed E-state index contributed by atoms with van der Waals surface area (Å²) in [6, 6.07) is 11.5. The molecule has 1 N–H and O–H groups in total. The van der Waals surface area contributed by atoms with Crippen molar-refractivity contribution in [2.75, 3.05) is 13.7 Å². The first-order valence-corrected chi connectivity index (χ1v) is 9.83. The third-order valence-electron chi connectivity index (χ3n) is 5.01. The third kappa shape index (κ3) is 3.80. The van der Waals surface area contributed by atoms with Gasteiger partial charge in [-0.2, -0.15) is 0 Å². The lowest BCUT2D eigenvalue weighted by Gasteiger charge is -2.13. The van der Waals surface area contributed by atoms with E-state index < -0.39 is 0 Å². The number of carbonyl (C=O) groups is 1. The summed E-state index contributed by atoms with van der Waals surface area (Å²) in [5, 5.41) is 3.84. The van der Waals surface area contributed by atoms with Crippen LogP contribution in [-0.4, -0.2) is 25.7 Å². The van der Waals surface area contributed by atoms with E-state index in [0.29, 0.717) is 25.3 Å². The molecular weight excluding hydrogens is 370 g/mol. The van der Waals surface area contributed by atoms with Crippen molar-refractivity contribution in [2.24, 2.45) is 0 Å². The highest BCUT2D eigenvalue weighted by Crippen LogP contribution is 2.35. The van der Waals surface area contributed by atoms with Crippen molar-refractivity contribution in [1.82, 2.24) is 5.32 Å². The topological polar surface area (TPSA) is 69.9 Å². The van der Waals surface area contributed by atoms with Crippen molar-refractivity contribution >= 4 is 16.9 Å². The number of benzene rings is 2. The van der Waals surface area contributed by atoms with Crippen LogP contribution in [0.3, 0.4) is 0 Å². The van der Waals surface area contributed by atoms with Crippen molar-refractivity contribution in [3.63, 3.8) is 0 Å². The number of methoxy groups -OCH3 is 1. The van der Waals surface area contributed by atoms with Crippen molar-refractivity contribution in [3.8, 4) is 11.5 Å². The Morgan fingerprint density at radius 3 is 2.90 bits per heavy atom. The summed E-state index contributed by atoms with van der Waals surface area (Å²) in [6.07, 6.45) is 1.01. The molecule has 0 radical (unpaired) electrons. The Kier molecular flexibility index (Phi) is 5.45. The van der Waals surface area contributed by atoms with E-state index in [1.54, 1.807) is 7.11 Å². The van der Waals surface area contributed by atoms with Gasteiger partial charge in [0.15, 0.2) is 5.76 Å². The molecule has 0 unspecified atom stereocenters. The van der Waals surface area contributed by atoms with E-state index in [4.69, 9.17) is 18.6 Å². The summed E-state index contributed by atoms with van der Waals surface area (Å²) in [5.41, 5.74) is 3.42. The van der Waals surface area contributed by atoms with E-state index in [1.807, 2.05) is 50.2 Å². The number of fused-ring (bicyclic) bond motifs is 2. The van der Waals surface area contributed by atoms with Gasteiger partial charge in [-0.3, -0.25) is 4.79 Å². The van der Waals surface area contributed by atoms with Gasteiger partial charge in [0.1, 0.15) is 23.2 Å². The lowest BCUT2D eigenvalue weighted by atomic mass is 10.1. The lowest BCUT2D eigenvalue weighted by molar-refractivity contribution is 0.0918. The molecule has 3 aromatic rings. The number of hydrogen-bond acceptors (Lipinski definition) is 5. The molecule has 0 saturated heterocycles. The second kappa shape index (κ2) is 8.17. The minimum Gasteiger partial charge on any atom is -0.494 e. The second-order valence-corrected chi connectivity index (χ2v) is 7.15. The van der Waals surface area contributed by atoms with E-state index in [9.17, 15) is 4.79 Å². The molecule has 0 spiro atoms. The Bertz CT molecular complexity index is 1040. The fourth-order valence-electron chi connectivity index (χ4n) is 3.74. The van der Waals surface area contributed by atoms with E-state index in [0.717, 1.165) is 40.0 Å². The van der Waals surface area contributed by atoms with Crippen LogP contribution in [-0.2, 0) is 24.3 Å². The van der Waals surface area contributed by atoms with Gasteiger partial charge >= 0.3 is 0 Å². The highest BCUT2D eigenvalue weighted by atomic mass is 16.5. The Labute approximate surface area is 169 Å². The number of rotatable bonds is 7. The predicted molar refractivity (Wildman–Crippen MR) is 110 cm³/mol. The highest BCUT2D eigenvalue weighted by Gasteiger charge is 2.23. The molecule has 1 aliphatic heterocycles. The number of furan rings is 1. The molecule has 1 aromatic heterocycles. The van der Waals surface area contributed by atoms with Crippen molar-refractivity contribution < 1.29 is 23.4 Å². The largest absolute Gasteiger partial charge is 0.494 e. The first-order valence-electron chi connectivity index (χ1n) is 9.83. The molecule has 1 aliphatic rings. The smallest absolute Gasteiger partial charge is 0.287 e. The molecule has 1 atom stereocenters. The molecule has 152 valence electrons. The predicted octanol–water partition coefficient (Wildman–Crippen LogP) is 4.23. The summed E-state index contributed by atoms with van der Waals surface area (Å²) in [7, 11) is 1.60. The number of para-hydroxylation sites is 1. The number of carbonyl (C=O) groups excluding carboxylic acids is 1. The zero-order valence-electron chi connectivity index (χ0n) is 16.9. The van der Waals surface area contributed by atoms with Gasteiger partial charge in [-0.05, 0) is 32.0 Å². The molecule has 0 saturated carbocycles. The van der Waals surface area contributed by atoms with Crippen LogP contribution < -0.4 is 14.8 Å². The fourth-order valence-corrected chi connectivity index (χ4v) is 3.74. The first kappa shape index (κ1) is 19.3. The first-order chi connectivity index (χ1) is 14.1. The van der Waals surface area contributed by atoms with Gasteiger partial charge in [-0.1, -0.05) is 18.2 Å². The van der Waals surface area contributed by atoms with E-state index in [2.05, 4.69) is 5.32 Å². The molecule has 0 aliphatic carbocycles. The molecule has 4 rings (SSSR count). The van der Waals surface area contributed by atoms with Crippen LogP contribution in [0.25, 0.3) is 11.0 Å². The Hall–Kier alpha value is -2.99. The molecular formula is C23H25NO5. The molecule has 0 fully saturated rings. The van der Waals surface area contributed by atoms with E-state index in [-0.39, 0.29) is 17.8 Å². The standard InChI is InChI=1S/C23H25NO5/c1-4-27-20-10-15-9-14(2)28-21(15)11-16(20)12-24-23(25)22-18(13-26-3)17-7-5-6-8-19(17)29-22/h5-8,10-11,14H,4,9,12-13H2,1-3H3,(H,24,25)/t14-/m0/s1. The van der Waals surface area contributed by atoms with E-state index in [1.165, 1.54) is 0 Å². The minimum atomic E-state index is -0.287. The number of ether oxygens (including phenoxy) is 3. The monoisotopic (exact) mass is 395 g/mol. The second-order valence-electron chi connectivity index (χ2n) is 7.15. The third-order valence-corrected chi connectivity index (χ3v) is 5.01. The van der Waals surface area contributed by atoms with Crippen LogP contribution in [0.2, 0.25) is 0 Å². The van der Waals surface area contributed by atoms with E-state index >= 15 is 0 Å². The summed E-state index contributed by atoms with van der Waals surface area (Å²) in [6.45, 7) is 5.15. The van der Waals surface area contributed by atoms with Gasteiger partial charge in [0.2, 0.25) is 0 Å². The van der Waals surface area contributed by atoms with Crippen LogP contribution in [0.15, 0.2) is 40.8 Å². The average molecular weight is 395 g/mol. The number of nitrogens with one attached hydrogen (secondary N) is 1. The van der Waals surface area contributed by atoms with Crippen LogP contribution in [0.4, 0.5) is 0 Å². The zero-order valence-corrected chi connectivity index (χ0v) is 16.9. The normalized spacial score (nSPS) is 15.2. The van der Waals surface area contributed by atoms with Crippen LogP contribution in [0, 0.1) is 0 Å². The Morgan fingerprint density at radius 2 is 2.10 bits per heavy atom. The van der Waals surface area contributed by atoms with Gasteiger partial charge in [0.25, 0.3) is 5.91 Å². The summed E-state index contributed by atoms with van der Waals surface area (Å²) < 4.78 is 22.8. The SMILES string of the molecule is CCOc1cc2c(cc1CNC(=O)c1oc3ccccc3c1COC)O[C@@H](C)C2. The maximum absolute atomic E-state index is 12.9. The van der Waals surface area contributed by atoms with Crippen molar-refractivity contribution in [2.45, 2.75) is 39.5 Å². The molecule has 0 bridgehead atoms. The summed E-state index contributed by atoms with van der Waals surface area (Å²) >= 11 is 0. The summed E-state index contributed by atoms with van der Waals surface area (Å²) in [5.74, 6) is 1.61. The van der Waals surface area contributed by atoms with Crippen molar-refractivity contribution in [3.05, 3.63) is 58.8 Å². The molecule has 6 heteroatoms. The quantitative estimate of drug-likeness (QED) is 0.648. The van der Waals surface area contributed by atoms with Crippen molar-refractivity contribution in [1.29, 1.82) is 0 Å². The number of hydrogen-bond donors (Lipinski definition) is 1. The van der Waals surface area contributed by atoms with Gasteiger partial charge in [0, 0.05) is 42.2 Å². The van der Waals surface area contributed by atoms with Gasteiger partial charge in [0.05, 0.1) is 13.2 Å². The maximum Gasteiger partial charge on any atom is 0.287 e. The van der Waals surface area contributed by atoms with Crippen LogP contribution in [0.5, 0.6) is 11.5 Å². The Balaban J connectivity index is 1.58. The lowest BCUT2D eigenvalue weighted by Crippen LogP contribution is -2.24. The zero-order chi connectivity index (χ0) is 20.4. The summed E-state index contributed by atoms with van der Waals surface area (Å²) in [4.78, 5) is 12.9. The molecule has 1 amide bonds. The van der Waals surface area contributed by atoms with Crippen LogP contribution in [0.1, 0.15) is 41.1 Å². The highest BCUT2D eigenvalue weighted by molar-refractivity contribution is 5.99. The fraction of sp³-hybridized carbons (Fsp3) is 0.348.